The van der Waals surface area contributed by atoms with E-state index in [1.165, 1.54) is 12.1 Å². The third kappa shape index (κ3) is 4.26. The highest BCUT2D eigenvalue weighted by Gasteiger charge is 2.18. The Kier molecular flexibility index (Phi) is 6.04. The molecule has 4 nitrogen and oxygen atoms in total. The zero-order valence-corrected chi connectivity index (χ0v) is 13.7. The fraction of sp³-hybridized carbons (Fsp3) is 0.444. The maximum absolute atomic E-state index is 13.3. The van der Waals surface area contributed by atoms with Crippen LogP contribution >= 0.6 is 0 Å². The number of aromatic nitrogens is 1. The summed E-state index contributed by atoms with van der Waals surface area (Å²) in [7, 11) is 0. The maximum atomic E-state index is 13.3. The van der Waals surface area contributed by atoms with Crippen molar-refractivity contribution in [3.05, 3.63) is 41.3 Å². The first-order valence-electron chi connectivity index (χ1n) is 8.04. The lowest BCUT2D eigenvalue weighted by Gasteiger charge is -2.22. The molecule has 0 fully saturated rings. The summed E-state index contributed by atoms with van der Waals surface area (Å²) in [6, 6.07) is 6.11. The Balaban J connectivity index is 2.30. The van der Waals surface area contributed by atoms with Crippen LogP contribution in [0.3, 0.4) is 0 Å². The molecule has 2 rings (SSSR count). The minimum atomic E-state index is -0.343. The molecule has 0 aliphatic carbocycles. The Labute approximate surface area is 135 Å². The van der Waals surface area contributed by atoms with E-state index < -0.39 is 0 Å². The Morgan fingerprint density at radius 3 is 2.74 bits per heavy atom. The van der Waals surface area contributed by atoms with Crippen LogP contribution < -0.4 is 0 Å². The van der Waals surface area contributed by atoms with Gasteiger partial charge in [0.1, 0.15) is 5.82 Å². The summed E-state index contributed by atoms with van der Waals surface area (Å²) in [6.07, 6.45) is 3.03. The number of nitrogens with zero attached hydrogens (tertiary/aromatic N) is 2. The predicted molar refractivity (Wildman–Crippen MR) is 89.0 cm³/mol. The number of unbranched alkanes of at least 4 members (excludes halogenated alkanes) is 2. The van der Waals surface area contributed by atoms with Crippen LogP contribution in [0.5, 0.6) is 0 Å². The standard InChI is InChI=1S/C18H23FN2O2/c1-3-4-5-8-21(9-10-22)18(23)16-11-14-6-7-15(19)12-17(14)20-13(16)2/h6-7,11-12,22H,3-5,8-10H2,1-2H3. The van der Waals surface area contributed by atoms with Crippen LogP contribution in [0.4, 0.5) is 4.39 Å². The minimum Gasteiger partial charge on any atom is -0.395 e. The fourth-order valence-corrected chi connectivity index (χ4v) is 2.61. The highest BCUT2D eigenvalue weighted by molar-refractivity contribution is 5.98. The molecule has 0 aliphatic heterocycles. The topological polar surface area (TPSA) is 53.4 Å². The van der Waals surface area contributed by atoms with Gasteiger partial charge >= 0.3 is 0 Å². The molecule has 124 valence electrons. The second-order valence-electron chi connectivity index (χ2n) is 5.68. The van der Waals surface area contributed by atoms with E-state index in [2.05, 4.69) is 11.9 Å². The summed E-state index contributed by atoms with van der Waals surface area (Å²) < 4.78 is 13.3. The molecule has 2 aromatic rings. The Morgan fingerprint density at radius 1 is 1.26 bits per heavy atom. The molecular formula is C18H23FN2O2. The molecule has 0 spiro atoms. The van der Waals surface area contributed by atoms with Gasteiger partial charge in [0.05, 0.1) is 23.4 Å². The molecule has 1 N–H and O–H groups in total. The summed E-state index contributed by atoms with van der Waals surface area (Å²) in [5.41, 5.74) is 1.62. The number of aliphatic hydroxyl groups is 1. The molecule has 0 bridgehead atoms. The smallest absolute Gasteiger partial charge is 0.255 e. The largest absolute Gasteiger partial charge is 0.395 e. The Hall–Kier alpha value is -2.01. The molecule has 0 unspecified atom stereocenters. The fourth-order valence-electron chi connectivity index (χ4n) is 2.61. The third-order valence-corrected chi connectivity index (χ3v) is 3.89. The molecular weight excluding hydrogens is 295 g/mol. The van der Waals surface area contributed by atoms with Gasteiger partial charge in [0, 0.05) is 24.5 Å². The van der Waals surface area contributed by atoms with Crippen molar-refractivity contribution in [2.24, 2.45) is 0 Å². The summed E-state index contributed by atoms with van der Waals surface area (Å²) in [4.78, 5) is 18.8. The van der Waals surface area contributed by atoms with Crippen molar-refractivity contribution < 1.29 is 14.3 Å². The molecule has 5 heteroatoms. The van der Waals surface area contributed by atoms with Gasteiger partial charge in [0.2, 0.25) is 0 Å². The van der Waals surface area contributed by atoms with Gasteiger partial charge in [0.25, 0.3) is 5.91 Å². The lowest BCUT2D eigenvalue weighted by atomic mass is 10.1. The number of carbonyl (C=O) groups is 1. The molecule has 1 heterocycles. The zero-order chi connectivity index (χ0) is 16.8. The average molecular weight is 318 g/mol. The molecule has 0 aliphatic rings. The van der Waals surface area contributed by atoms with E-state index in [4.69, 9.17) is 0 Å². The second-order valence-corrected chi connectivity index (χ2v) is 5.68. The van der Waals surface area contributed by atoms with Gasteiger partial charge in [-0.05, 0) is 31.5 Å². The molecule has 23 heavy (non-hydrogen) atoms. The van der Waals surface area contributed by atoms with Gasteiger partial charge in [-0.25, -0.2) is 4.39 Å². The highest BCUT2D eigenvalue weighted by Crippen LogP contribution is 2.19. The van der Waals surface area contributed by atoms with Crippen molar-refractivity contribution in [2.75, 3.05) is 19.7 Å². The van der Waals surface area contributed by atoms with E-state index in [9.17, 15) is 14.3 Å². The van der Waals surface area contributed by atoms with Crippen molar-refractivity contribution in [2.45, 2.75) is 33.1 Å². The maximum Gasteiger partial charge on any atom is 0.255 e. The number of rotatable bonds is 7. The average Bonchev–Trinajstić information content (AvgIpc) is 2.53. The van der Waals surface area contributed by atoms with Gasteiger partial charge in [-0.1, -0.05) is 19.8 Å². The summed E-state index contributed by atoms with van der Waals surface area (Å²) >= 11 is 0. The lowest BCUT2D eigenvalue weighted by Crippen LogP contribution is -2.35. The van der Waals surface area contributed by atoms with Crippen LogP contribution in [-0.4, -0.2) is 40.6 Å². The van der Waals surface area contributed by atoms with Crippen molar-refractivity contribution in [3.63, 3.8) is 0 Å². The lowest BCUT2D eigenvalue weighted by molar-refractivity contribution is 0.0717. The van der Waals surface area contributed by atoms with Crippen LogP contribution in [0.1, 0.15) is 42.2 Å². The number of amides is 1. The van der Waals surface area contributed by atoms with E-state index >= 15 is 0 Å². The minimum absolute atomic E-state index is 0.0663. The second kappa shape index (κ2) is 8.02. The molecule has 1 aromatic heterocycles. The predicted octanol–water partition coefficient (Wildman–Crippen LogP) is 3.31. The van der Waals surface area contributed by atoms with Crippen molar-refractivity contribution in [1.29, 1.82) is 0 Å². The molecule has 0 saturated heterocycles. The Morgan fingerprint density at radius 2 is 2.04 bits per heavy atom. The first kappa shape index (κ1) is 17.3. The monoisotopic (exact) mass is 318 g/mol. The molecule has 1 aromatic carbocycles. The van der Waals surface area contributed by atoms with Crippen LogP contribution in [0.2, 0.25) is 0 Å². The number of pyridine rings is 1. The van der Waals surface area contributed by atoms with E-state index in [-0.39, 0.29) is 18.3 Å². The summed E-state index contributed by atoms with van der Waals surface area (Å²) in [5, 5.41) is 9.94. The first-order valence-corrected chi connectivity index (χ1v) is 8.04. The number of hydrogen-bond acceptors (Lipinski definition) is 3. The van der Waals surface area contributed by atoms with E-state index in [0.717, 1.165) is 24.6 Å². The number of aliphatic hydroxyl groups excluding tert-OH is 1. The van der Waals surface area contributed by atoms with Crippen LogP contribution in [0.15, 0.2) is 24.3 Å². The SMILES string of the molecule is CCCCCN(CCO)C(=O)c1cc2ccc(F)cc2nc1C. The number of benzene rings is 1. The summed E-state index contributed by atoms with van der Waals surface area (Å²) in [6.45, 7) is 4.72. The van der Waals surface area contributed by atoms with Gasteiger partial charge in [0.15, 0.2) is 0 Å². The number of fused-ring (bicyclic) bond motifs is 1. The highest BCUT2D eigenvalue weighted by atomic mass is 19.1. The normalized spacial score (nSPS) is 11.0. The van der Waals surface area contributed by atoms with E-state index in [1.54, 1.807) is 24.0 Å². The number of aryl methyl sites for hydroxylation is 1. The third-order valence-electron chi connectivity index (χ3n) is 3.89. The van der Waals surface area contributed by atoms with Crippen molar-refractivity contribution in [3.8, 4) is 0 Å². The number of carbonyl (C=O) groups excluding carboxylic acids is 1. The van der Waals surface area contributed by atoms with Crippen molar-refractivity contribution >= 4 is 16.8 Å². The van der Waals surface area contributed by atoms with E-state index in [1.807, 2.05) is 0 Å². The first-order chi connectivity index (χ1) is 11.1. The van der Waals surface area contributed by atoms with Crippen LogP contribution in [0.25, 0.3) is 10.9 Å². The molecule has 0 radical (unpaired) electrons. The zero-order valence-electron chi connectivity index (χ0n) is 13.7. The Bertz CT molecular complexity index is 688. The summed E-state index contributed by atoms with van der Waals surface area (Å²) in [5.74, 6) is -0.476. The van der Waals surface area contributed by atoms with Crippen LogP contribution in [-0.2, 0) is 0 Å². The quantitative estimate of drug-likeness (QED) is 0.797. The number of halogens is 1. The van der Waals surface area contributed by atoms with Crippen molar-refractivity contribution in [1.82, 2.24) is 9.88 Å². The molecule has 0 atom stereocenters. The van der Waals surface area contributed by atoms with Crippen LogP contribution in [0, 0.1) is 12.7 Å². The molecule has 0 saturated carbocycles. The van der Waals surface area contributed by atoms with Gasteiger partial charge in [-0.3, -0.25) is 9.78 Å². The number of hydrogen-bond donors (Lipinski definition) is 1. The molecule has 1 amide bonds. The van der Waals surface area contributed by atoms with Gasteiger partial charge in [-0.2, -0.15) is 0 Å². The van der Waals surface area contributed by atoms with Gasteiger partial charge in [-0.15, -0.1) is 0 Å². The van der Waals surface area contributed by atoms with Gasteiger partial charge < -0.3 is 10.0 Å². The van der Waals surface area contributed by atoms with E-state index in [0.29, 0.717) is 29.9 Å².